The molecule has 2 aromatic rings. The van der Waals surface area contributed by atoms with Crippen LogP contribution in [0.15, 0.2) is 33.9 Å². The van der Waals surface area contributed by atoms with Crippen molar-refractivity contribution in [1.82, 2.24) is 15.0 Å². The first-order valence-corrected chi connectivity index (χ1v) is 8.27. The van der Waals surface area contributed by atoms with Crippen LogP contribution in [-0.4, -0.2) is 23.4 Å². The molecular formula is C12H15BrN4O2S. The van der Waals surface area contributed by atoms with E-state index >= 15 is 0 Å². The third-order valence-corrected chi connectivity index (χ3v) is 5.07. The topological polar surface area (TPSA) is 76.9 Å². The van der Waals surface area contributed by atoms with Gasteiger partial charge in [0.05, 0.1) is 5.69 Å². The van der Waals surface area contributed by atoms with Crippen LogP contribution in [-0.2, 0) is 17.1 Å². The highest BCUT2D eigenvalue weighted by Gasteiger charge is 2.24. The number of hydrogen-bond donors (Lipinski definition) is 1. The molecule has 6 nitrogen and oxygen atoms in total. The van der Waals surface area contributed by atoms with Crippen molar-refractivity contribution in [3.8, 4) is 0 Å². The van der Waals surface area contributed by atoms with Crippen molar-refractivity contribution in [1.29, 1.82) is 0 Å². The number of nitrogens with zero attached hydrogens (tertiary/aromatic N) is 3. The fourth-order valence-corrected chi connectivity index (χ4v) is 4.08. The molecule has 8 heteroatoms. The van der Waals surface area contributed by atoms with Gasteiger partial charge in [0.2, 0.25) is 5.03 Å². The van der Waals surface area contributed by atoms with E-state index in [1.54, 1.807) is 12.1 Å². The fraction of sp³-hybridized carbons (Fsp3) is 0.333. The predicted molar refractivity (Wildman–Crippen MR) is 80.0 cm³/mol. The van der Waals surface area contributed by atoms with Crippen LogP contribution in [0.4, 0.5) is 5.69 Å². The lowest BCUT2D eigenvalue weighted by Crippen LogP contribution is -2.18. The van der Waals surface area contributed by atoms with Crippen LogP contribution in [0.25, 0.3) is 0 Å². The van der Waals surface area contributed by atoms with Crippen molar-refractivity contribution in [2.45, 2.75) is 24.8 Å². The van der Waals surface area contributed by atoms with Gasteiger partial charge in [-0.25, -0.2) is 4.68 Å². The molecule has 0 saturated carbocycles. The van der Waals surface area contributed by atoms with Gasteiger partial charge in [0.25, 0.3) is 10.0 Å². The summed E-state index contributed by atoms with van der Waals surface area (Å²) < 4.78 is 28.9. The zero-order chi connectivity index (χ0) is 14.9. The number of benzene rings is 1. The van der Waals surface area contributed by atoms with Crippen molar-refractivity contribution in [3.63, 3.8) is 0 Å². The van der Waals surface area contributed by atoms with Gasteiger partial charge in [-0.15, -0.1) is 5.10 Å². The standard InChI is InChI=1S/C12H15BrN4O2S/c1-8(2)9-6-4-5-7-10(9)15-20(18,19)12-11(13)14-16-17(12)3/h4-8,15H,1-3H3. The summed E-state index contributed by atoms with van der Waals surface area (Å²) in [6.07, 6.45) is 0. The maximum Gasteiger partial charge on any atom is 0.281 e. The van der Waals surface area contributed by atoms with Crippen LogP contribution in [0.2, 0.25) is 0 Å². The summed E-state index contributed by atoms with van der Waals surface area (Å²) in [5.41, 5.74) is 1.50. The largest absolute Gasteiger partial charge is 0.281 e. The highest BCUT2D eigenvalue weighted by molar-refractivity contribution is 9.10. The van der Waals surface area contributed by atoms with Crippen LogP contribution < -0.4 is 4.72 Å². The van der Waals surface area contributed by atoms with E-state index in [4.69, 9.17) is 0 Å². The number of rotatable bonds is 4. The van der Waals surface area contributed by atoms with E-state index in [0.29, 0.717) is 5.69 Å². The van der Waals surface area contributed by atoms with Gasteiger partial charge in [0.1, 0.15) is 0 Å². The highest BCUT2D eigenvalue weighted by atomic mass is 79.9. The lowest BCUT2D eigenvalue weighted by Gasteiger charge is -2.14. The molecule has 0 saturated heterocycles. The van der Waals surface area contributed by atoms with Gasteiger partial charge in [0, 0.05) is 7.05 Å². The smallest absolute Gasteiger partial charge is 0.278 e. The molecule has 2 rings (SSSR count). The fourth-order valence-electron chi connectivity index (χ4n) is 1.89. The molecule has 1 aromatic heterocycles. The third-order valence-electron chi connectivity index (χ3n) is 2.82. The third kappa shape index (κ3) is 2.85. The Balaban J connectivity index is 2.45. The number of para-hydroxylation sites is 1. The molecule has 0 atom stereocenters. The quantitative estimate of drug-likeness (QED) is 0.910. The lowest BCUT2D eigenvalue weighted by atomic mass is 10.0. The average molecular weight is 359 g/mol. The van der Waals surface area contributed by atoms with Crippen LogP contribution in [0.5, 0.6) is 0 Å². The molecule has 1 aromatic carbocycles. The number of nitrogens with one attached hydrogen (secondary N) is 1. The molecule has 0 aliphatic heterocycles. The normalized spacial score (nSPS) is 11.8. The number of sulfonamides is 1. The zero-order valence-electron chi connectivity index (χ0n) is 11.3. The van der Waals surface area contributed by atoms with Crippen molar-refractivity contribution < 1.29 is 8.42 Å². The summed E-state index contributed by atoms with van der Waals surface area (Å²) in [5.74, 6) is 0.210. The maximum atomic E-state index is 12.4. The molecule has 108 valence electrons. The molecule has 20 heavy (non-hydrogen) atoms. The van der Waals surface area contributed by atoms with Gasteiger partial charge < -0.3 is 0 Å². The summed E-state index contributed by atoms with van der Waals surface area (Å²) in [5, 5.41) is 7.37. The summed E-state index contributed by atoms with van der Waals surface area (Å²) in [6, 6.07) is 7.32. The Bertz CT molecular complexity index is 705. The second-order valence-corrected chi connectivity index (χ2v) is 7.01. The second-order valence-electron chi connectivity index (χ2n) is 4.66. The van der Waals surface area contributed by atoms with Crippen LogP contribution in [0, 0.1) is 0 Å². The van der Waals surface area contributed by atoms with Crippen LogP contribution in [0.3, 0.4) is 0 Å². The molecule has 0 spiro atoms. The lowest BCUT2D eigenvalue weighted by molar-refractivity contribution is 0.578. The molecule has 1 heterocycles. The molecule has 1 N–H and O–H groups in total. The van der Waals surface area contributed by atoms with Gasteiger partial charge in [-0.05, 0) is 33.5 Å². The van der Waals surface area contributed by atoms with E-state index in [-0.39, 0.29) is 15.5 Å². The number of hydrogen-bond acceptors (Lipinski definition) is 4. The van der Waals surface area contributed by atoms with Crippen LogP contribution in [0.1, 0.15) is 25.3 Å². The minimum absolute atomic E-state index is 0.00365. The average Bonchev–Trinajstić information content (AvgIpc) is 2.69. The SMILES string of the molecule is CC(C)c1ccccc1NS(=O)(=O)c1c(Br)nnn1C. The molecule has 0 fully saturated rings. The van der Waals surface area contributed by atoms with E-state index in [0.717, 1.165) is 5.56 Å². The van der Waals surface area contributed by atoms with Crippen molar-refractivity contribution >= 4 is 31.6 Å². The summed E-state index contributed by atoms with van der Waals surface area (Å²) in [4.78, 5) is 0. The van der Waals surface area contributed by atoms with Crippen molar-refractivity contribution in [2.24, 2.45) is 7.05 Å². The number of anilines is 1. The summed E-state index contributed by atoms with van der Waals surface area (Å²) in [7, 11) is -2.22. The number of halogens is 1. The number of aromatic nitrogens is 3. The van der Waals surface area contributed by atoms with E-state index in [1.807, 2.05) is 26.0 Å². The maximum absolute atomic E-state index is 12.4. The zero-order valence-corrected chi connectivity index (χ0v) is 13.7. The highest BCUT2D eigenvalue weighted by Crippen LogP contribution is 2.27. The van der Waals surface area contributed by atoms with E-state index in [2.05, 4.69) is 31.0 Å². The Morgan fingerprint density at radius 3 is 2.50 bits per heavy atom. The molecule has 0 radical (unpaired) electrons. The number of aryl methyl sites for hydroxylation is 1. The summed E-state index contributed by atoms with van der Waals surface area (Å²) in [6.45, 7) is 4.02. The molecular weight excluding hydrogens is 344 g/mol. The minimum atomic E-state index is -3.75. The Kier molecular flexibility index (Phi) is 4.14. The molecule has 0 amide bonds. The first-order valence-electron chi connectivity index (χ1n) is 6.00. The Hall–Kier alpha value is -1.41. The molecule has 0 aliphatic carbocycles. The Labute approximate surface area is 126 Å². The first-order chi connectivity index (χ1) is 9.33. The molecule has 0 bridgehead atoms. The van der Waals surface area contributed by atoms with Gasteiger partial charge in [0.15, 0.2) is 4.60 Å². The molecule has 0 aliphatic rings. The van der Waals surface area contributed by atoms with Gasteiger partial charge in [-0.3, -0.25) is 4.72 Å². The summed E-state index contributed by atoms with van der Waals surface area (Å²) >= 11 is 3.10. The van der Waals surface area contributed by atoms with Gasteiger partial charge >= 0.3 is 0 Å². The Morgan fingerprint density at radius 2 is 1.95 bits per heavy atom. The second kappa shape index (κ2) is 5.53. The predicted octanol–water partition coefficient (Wildman–Crippen LogP) is 2.50. The minimum Gasteiger partial charge on any atom is -0.278 e. The van der Waals surface area contributed by atoms with Crippen molar-refractivity contribution in [3.05, 3.63) is 34.4 Å². The Morgan fingerprint density at radius 1 is 1.30 bits per heavy atom. The van der Waals surface area contributed by atoms with Gasteiger partial charge in [-0.1, -0.05) is 37.3 Å². The van der Waals surface area contributed by atoms with Gasteiger partial charge in [-0.2, -0.15) is 8.42 Å². The molecule has 0 unspecified atom stereocenters. The van der Waals surface area contributed by atoms with E-state index in [1.165, 1.54) is 11.7 Å². The van der Waals surface area contributed by atoms with Crippen LogP contribution >= 0.6 is 15.9 Å². The van der Waals surface area contributed by atoms with E-state index in [9.17, 15) is 8.42 Å². The van der Waals surface area contributed by atoms with Crippen molar-refractivity contribution in [2.75, 3.05) is 4.72 Å². The van der Waals surface area contributed by atoms with E-state index < -0.39 is 10.0 Å². The first kappa shape index (κ1) is 15.0. The monoisotopic (exact) mass is 358 g/mol.